The van der Waals surface area contributed by atoms with E-state index in [1.165, 1.54) is 17.3 Å². The van der Waals surface area contributed by atoms with Gasteiger partial charge in [-0.2, -0.15) is 0 Å². The minimum Gasteiger partial charge on any atom is -0.342 e. The van der Waals surface area contributed by atoms with Gasteiger partial charge in [0.05, 0.1) is 5.75 Å². The molecule has 1 aromatic carbocycles. The first-order valence-corrected chi connectivity index (χ1v) is 10.4. The van der Waals surface area contributed by atoms with Crippen molar-refractivity contribution in [1.82, 2.24) is 19.7 Å². The Bertz CT molecular complexity index is 799. The van der Waals surface area contributed by atoms with Gasteiger partial charge < -0.3 is 4.90 Å². The van der Waals surface area contributed by atoms with Gasteiger partial charge in [0.1, 0.15) is 0 Å². The second-order valence-corrected chi connectivity index (χ2v) is 8.85. The van der Waals surface area contributed by atoms with Crippen LogP contribution in [0.3, 0.4) is 0 Å². The topological polar surface area (TPSA) is 51.0 Å². The zero-order valence-corrected chi connectivity index (χ0v) is 17.3. The summed E-state index contributed by atoms with van der Waals surface area (Å²) in [5, 5.41) is 9.49. The second kappa shape index (κ2) is 8.30. The maximum atomic E-state index is 12.3. The van der Waals surface area contributed by atoms with E-state index >= 15 is 0 Å². The number of aromatic nitrogens is 3. The van der Waals surface area contributed by atoms with E-state index in [0.717, 1.165) is 42.5 Å². The maximum absolute atomic E-state index is 12.3. The van der Waals surface area contributed by atoms with Crippen molar-refractivity contribution in [2.24, 2.45) is 0 Å². The Morgan fingerprint density at radius 1 is 1.19 bits per heavy atom. The van der Waals surface area contributed by atoms with E-state index < -0.39 is 0 Å². The molecule has 0 aliphatic carbocycles. The van der Waals surface area contributed by atoms with Crippen LogP contribution in [0.5, 0.6) is 0 Å². The number of hydrogen-bond donors (Lipinski definition) is 0. The first kappa shape index (κ1) is 19.7. The Kier molecular flexibility index (Phi) is 6.05. The van der Waals surface area contributed by atoms with E-state index in [4.69, 9.17) is 0 Å². The minimum absolute atomic E-state index is 0.115. The van der Waals surface area contributed by atoms with Crippen LogP contribution in [0, 0.1) is 0 Å². The lowest BCUT2D eigenvalue weighted by molar-refractivity contribution is -0.127. The summed E-state index contributed by atoms with van der Waals surface area (Å²) in [6.45, 7) is 12.8. The Balaban J connectivity index is 1.78. The van der Waals surface area contributed by atoms with E-state index in [0.29, 0.717) is 12.3 Å². The molecule has 0 spiro atoms. The zero-order chi connectivity index (χ0) is 19.4. The number of carbonyl (C=O) groups excluding carboxylic acids is 1. The van der Waals surface area contributed by atoms with Gasteiger partial charge in [0, 0.05) is 25.2 Å². The third kappa shape index (κ3) is 4.61. The minimum atomic E-state index is 0.115. The first-order valence-electron chi connectivity index (χ1n) is 9.46. The highest BCUT2D eigenvalue weighted by Crippen LogP contribution is 2.28. The Hall–Kier alpha value is -2.08. The molecule has 1 amide bonds. The molecule has 0 radical (unpaired) electrons. The Morgan fingerprint density at radius 2 is 1.85 bits per heavy atom. The van der Waals surface area contributed by atoms with Gasteiger partial charge in [-0.15, -0.1) is 16.8 Å². The van der Waals surface area contributed by atoms with Gasteiger partial charge in [-0.1, -0.05) is 62.9 Å². The summed E-state index contributed by atoms with van der Waals surface area (Å²) < 4.78 is 2.03. The van der Waals surface area contributed by atoms with Crippen LogP contribution < -0.4 is 0 Å². The fourth-order valence-electron chi connectivity index (χ4n) is 3.21. The van der Waals surface area contributed by atoms with Gasteiger partial charge in [-0.3, -0.25) is 9.36 Å². The summed E-state index contributed by atoms with van der Waals surface area (Å²) in [4.78, 5) is 14.3. The third-order valence-corrected chi connectivity index (χ3v) is 5.77. The molecule has 0 unspecified atom stereocenters. The molecule has 5 nitrogen and oxygen atoms in total. The Morgan fingerprint density at radius 3 is 2.44 bits per heavy atom. The molecule has 0 atom stereocenters. The summed E-state index contributed by atoms with van der Waals surface area (Å²) in [7, 11) is 0. The molecule has 6 heteroatoms. The van der Waals surface area contributed by atoms with Crippen LogP contribution >= 0.6 is 11.8 Å². The lowest BCUT2D eigenvalue weighted by atomic mass is 9.87. The molecule has 27 heavy (non-hydrogen) atoms. The third-order valence-electron chi connectivity index (χ3n) is 4.82. The van der Waals surface area contributed by atoms with Crippen molar-refractivity contribution >= 4 is 17.7 Å². The largest absolute Gasteiger partial charge is 0.342 e. The molecule has 0 saturated carbocycles. The van der Waals surface area contributed by atoms with Crippen LogP contribution in [0.2, 0.25) is 0 Å². The number of hydrogen-bond acceptors (Lipinski definition) is 4. The SMILES string of the molecule is C=CCn1c(SCC(=O)N2CCCC2)nnc1-c1ccc(C(C)(C)C)cc1. The second-order valence-electron chi connectivity index (χ2n) is 7.91. The highest BCUT2D eigenvalue weighted by atomic mass is 32.2. The van der Waals surface area contributed by atoms with Crippen LogP contribution in [-0.4, -0.2) is 44.4 Å². The predicted octanol–water partition coefficient (Wildman–Crippen LogP) is 4.14. The average molecular weight is 385 g/mol. The predicted molar refractivity (Wildman–Crippen MR) is 111 cm³/mol. The molecule has 2 aromatic rings. The number of carbonyl (C=O) groups is 1. The van der Waals surface area contributed by atoms with E-state index in [9.17, 15) is 4.79 Å². The van der Waals surface area contributed by atoms with Crippen LogP contribution in [0.4, 0.5) is 0 Å². The smallest absolute Gasteiger partial charge is 0.233 e. The van der Waals surface area contributed by atoms with Crippen molar-refractivity contribution in [1.29, 1.82) is 0 Å². The highest BCUT2D eigenvalue weighted by molar-refractivity contribution is 7.99. The van der Waals surface area contributed by atoms with E-state index in [1.807, 2.05) is 15.5 Å². The lowest BCUT2D eigenvalue weighted by Gasteiger charge is -2.19. The number of amides is 1. The van der Waals surface area contributed by atoms with E-state index in [1.54, 1.807) is 0 Å². The molecular weight excluding hydrogens is 356 g/mol. The van der Waals surface area contributed by atoms with Crippen molar-refractivity contribution in [2.75, 3.05) is 18.8 Å². The van der Waals surface area contributed by atoms with Crippen molar-refractivity contribution in [3.8, 4) is 11.4 Å². The first-order chi connectivity index (χ1) is 12.9. The van der Waals surface area contributed by atoms with Crippen LogP contribution in [-0.2, 0) is 16.8 Å². The zero-order valence-electron chi connectivity index (χ0n) is 16.4. The normalized spacial score (nSPS) is 14.6. The van der Waals surface area contributed by atoms with Gasteiger partial charge in [0.25, 0.3) is 0 Å². The van der Waals surface area contributed by atoms with Crippen LogP contribution in [0.25, 0.3) is 11.4 Å². The number of nitrogens with zero attached hydrogens (tertiary/aromatic N) is 4. The highest BCUT2D eigenvalue weighted by Gasteiger charge is 2.20. The van der Waals surface area contributed by atoms with Gasteiger partial charge >= 0.3 is 0 Å². The molecule has 1 aliphatic heterocycles. The quantitative estimate of drug-likeness (QED) is 0.555. The van der Waals surface area contributed by atoms with Gasteiger partial charge in [0.2, 0.25) is 5.91 Å². The summed E-state index contributed by atoms with van der Waals surface area (Å²) in [5.41, 5.74) is 2.42. The molecule has 1 fully saturated rings. The molecule has 1 saturated heterocycles. The maximum Gasteiger partial charge on any atom is 0.233 e. The summed E-state index contributed by atoms with van der Waals surface area (Å²) in [5.74, 6) is 1.39. The van der Waals surface area contributed by atoms with Crippen molar-refractivity contribution in [3.05, 3.63) is 42.5 Å². The number of likely N-dealkylation sites (tertiary alicyclic amines) is 1. The van der Waals surface area contributed by atoms with Gasteiger partial charge in [-0.25, -0.2) is 0 Å². The van der Waals surface area contributed by atoms with E-state index in [2.05, 4.69) is 61.8 Å². The van der Waals surface area contributed by atoms with Crippen LogP contribution in [0.1, 0.15) is 39.2 Å². The number of allylic oxidation sites excluding steroid dienone is 1. The van der Waals surface area contributed by atoms with Crippen molar-refractivity contribution < 1.29 is 4.79 Å². The summed E-state index contributed by atoms with van der Waals surface area (Å²) >= 11 is 1.46. The molecule has 3 rings (SSSR count). The molecular formula is C21H28N4OS. The van der Waals surface area contributed by atoms with Gasteiger partial charge in [0.15, 0.2) is 11.0 Å². The molecule has 2 heterocycles. The van der Waals surface area contributed by atoms with Crippen LogP contribution in [0.15, 0.2) is 42.1 Å². The molecule has 0 N–H and O–H groups in total. The average Bonchev–Trinajstić information content (AvgIpc) is 3.30. The molecule has 1 aromatic heterocycles. The number of benzene rings is 1. The monoisotopic (exact) mass is 384 g/mol. The molecule has 0 bridgehead atoms. The lowest BCUT2D eigenvalue weighted by Crippen LogP contribution is -2.29. The fraction of sp³-hybridized carbons (Fsp3) is 0.476. The molecule has 144 valence electrons. The molecule has 1 aliphatic rings. The Labute approximate surface area is 165 Å². The summed E-state index contributed by atoms with van der Waals surface area (Å²) in [6, 6.07) is 8.47. The van der Waals surface area contributed by atoms with Crippen molar-refractivity contribution in [3.63, 3.8) is 0 Å². The fourth-order valence-corrected chi connectivity index (χ4v) is 4.06. The standard InChI is InChI=1S/C21H28N4OS/c1-5-12-25-19(16-8-10-17(11-9-16)21(2,3)4)22-23-20(25)27-15-18(26)24-13-6-7-14-24/h5,8-11H,1,6-7,12-15H2,2-4H3. The summed E-state index contributed by atoms with van der Waals surface area (Å²) in [6.07, 6.45) is 4.05. The van der Waals surface area contributed by atoms with Crippen molar-refractivity contribution in [2.45, 2.75) is 50.7 Å². The van der Waals surface area contributed by atoms with Gasteiger partial charge in [-0.05, 0) is 23.8 Å². The number of rotatable bonds is 6. The number of thioether (sulfide) groups is 1. The van der Waals surface area contributed by atoms with E-state index in [-0.39, 0.29) is 11.3 Å².